The highest BCUT2D eigenvalue weighted by Crippen LogP contribution is 2.14. The first kappa shape index (κ1) is 13.8. The molecule has 0 amide bonds. The monoisotopic (exact) mass is 210 g/mol. The largest absolute Gasteiger partial charge is 0.234 e. The van der Waals surface area contributed by atoms with Gasteiger partial charge in [0.2, 0.25) is 12.2 Å². The second-order valence-electron chi connectivity index (χ2n) is 3.42. The molecule has 0 aromatic heterocycles. The van der Waals surface area contributed by atoms with Crippen molar-refractivity contribution in [3.05, 3.63) is 0 Å². The standard InChI is InChI=1S/C8H12N2O2.C3H6/c11-7-9-5-3-1-2-4-6-10-8-12;1-2-3-1/h1-6H2;1-3H2. The highest BCUT2D eigenvalue weighted by molar-refractivity contribution is 5.32. The lowest BCUT2D eigenvalue weighted by molar-refractivity contribution is 0.558. The Kier molecular flexibility index (Phi) is 11.7. The Balaban J connectivity index is 0.000000548. The molecule has 0 heterocycles. The van der Waals surface area contributed by atoms with E-state index in [1.165, 1.54) is 31.4 Å². The van der Waals surface area contributed by atoms with Crippen LogP contribution in [0, 0.1) is 0 Å². The van der Waals surface area contributed by atoms with Gasteiger partial charge < -0.3 is 0 Å². The molecule has 0 aromatic carbocycles. The number of nitrogens with zero attached hydrogens (tertiary/aromatic N) is 2. The molecule has 4 nitrogen and oxygen atoms in total. The first-order valence-electron chi connectivity index (χ1n) is 5.49. The number of rotatable bonds is 7. The highest BCUT2D eigenvalue weighted by atomic mass is 16.1. The van der Waals surface area contributed by atoms with E-state index in [9.17, 15) is 9.59 Å². The summed E-state index contributed by atoms with van der Waals surface area (Å²) in [6, 6.07) is 0. The topological polar surface area (TPSA) is 58.9 Å². The van der Waals surface area contributed by atoms with E-state index in [1.807, 2.05) is 0 Å². The van der Waals surface area contributed by atoms with Crippen LogP contribution in [0.25, 0.3) is 0 Å². The van der Waals surface area contributed by atoms with Crippen LogP contribution in [0.4, 0.5) is 0 Å². The smallest absolute Gasteiger partial charge is 0.211 e. The van der Waals surface area contributed by atoms with E-state index in [4.69, 9.17) is 0 Å². The predicted molar refractivity (Wildman–Crippen MR) is 58.3 cm³/mol. The second-order valence-corrected chi connectivity index (χ2v) is 3.42. The minimum atomic E-state index is 0.556. The highest BCUT2D eigenvalue weighted by Gasteiger charge is 1.95. The maximum absolute atomic E-state index is 9.63. The van der Waals surface area contributed by atoms with Gasteiger partial charge in [-0.2, -0.15) is 0 Å². The quantitative estimate of drug-likeness (QED) is 0.368. The van der Waals surface area contributed by atoms with Crippen LogP contribution in [0.1, 0.15) is 44.9 Å². The fraction of sp³-hybridized carbons (Fsp3) is 0.818. The van der Waals surface area contributed by atoms with Crippen molar-refractivity contribution in [2.45, 2.75) is 44.9 Å². The lowest BCUT2D eigenvalue weighted by atomic mass is 10.2. The lowest BCUT2D eigenvalue weighted by Crippen LogP contribution is -1.84. The van der Waals surface area contributed by atoms with E-state index < -0.39 is 0 Å². The average Bonchev–Trinajstić information content (AvgIpc) is 3.09. The zero-order valence-electron chi connectivity index (χ0n) is 9.07. The third kappa shape index (κ3) is 19.3. The van der Waals surface area contributed by atoms with Gasteiger partial charge in [-0.25, -0.2) is 19.6 Å². The number of aliphatic imine (C=N–C) groups is 2. The number of hydrogen-bond donors (Lipinski definition) is 0. The van der Waals surface area contributed by atoms with E-state index in [-0.39, 0.29) is 0 Å². The first-order chi connectivity index (χ1) is 7.41. The van der Waals surface area contributed by atoms with Crippen molar-refractivity contribution in [2.24, 2.45) is 9.98 Å². The average molecular weight is 210 g/mol. The molecule has 1 rings (SSSR count). The summed E-state index contributed by atoms with van der Waals surface area (Å²) in [5, 5.41) is 0. The van der Waals surface area contributed by atoms with Crippen molar-refractivity contribution in [1.29, 1.82) is 0 Å². The molecule has 0 aliphatic heterocycles. The Bertz CT molecular complexity index is 202. The van der Waals surface area contributed by atoms with Crippen molar-refractivity contribution < 1.29 is 9.59 Å². The molecule has 0 unspecified atom stereocenters. The van der Waals surface area contributed by atoms with Crippen molar-refractivity contribution in [2.75, 3.05) is 13.1 Å². The van der Waals surface area contributed by atoms with Crippen molar-refractivity contribution in [3.63, 3.8) is 0 Å². The molecule has 0 N–H and O–H groups in total. The molecular weight excluding hydrogens is 192 g/mol. The summed E-state index contributed by atoms with van der Waals surface area (Å²) in [6.45, 7) is 1.11. The summed E-state index contributed by atoms with van der Waals surface area (Å²) in [6.07, 6.45) is 11.3. The van der Waals surface area contributed by atoms with Gasteiger partial charge in [0, 0.05) is 0 Å². The molecule has 1 saturated carbocycles. The summed E-state index contributed by atoms with van der Waals surface area (Å²) in [7, 11) is 0. The molecule has 0 aromatic rings. The Morgan fingerprint density at radius 2 is 1.13 bits per heavy atom. The van der Waals surface area contributed by atoms with Gasteiger partial charge in [-0.15, -0.1) is 0 Å². The van der Waals surface area contributed by atoms with Crippen LogP contribution < -0.4 is 0 Å². The Morgan fingerprint density at radius 1 is 0.733 bits per heavy atom. The molecule has 1 aliphatic carbocycles. The molecule has 0 spiro atoms. The Hall–Kier alpha value is -1.24. The van der Waals surface area contributed by atoms with Crippen LogP contribution in [0.2, 0.25) is 0 Å². The van der Waals surface area contributed by atoms with Gasteiger partial charge in [-0.05, 0) is 12.8 Å². The van der Waals surface area contributed by atoms with Crippen LogP contribution in [-0.4, -0.2) is 25.2 Å². The molecule has 1 fully saturated rings. The van der Waals surface area contributed by atoms with Crippen LogP contribution in [0.15, 0.2) is 9.98 Å². The summed E-state index contributed by atoms with van der Waals surface area (Å²) >= 11 is 0. The van der Waals surface area contributed by atoms with Gasteiger partial charge in [0.05, 0.1) is 13.1 Å². The fourth-order valence-electron chi connectivity index (χ4n) is 0.827. The fourth-order valence-corrected chi connectivity index (χ4v) is 0.827. The minimum Gasteiger partial charge on any atom is -0.211 e. The molecule has 1 aliphatic rings. The zero-order valence-corrected chi connectivity index (χ0v) is 9.07. The summed E-state index contributed by atoms with van der Waals surface area (Å²) in [4.78, 5) is 26.1. The molecule has 15 heavy (non-hydrogen) atoms. The van der Waals surface area contributed by atoms with Crippen molar-refractivity contribution >= 4 is 12.2 Å². The maximum Gasteiger partial charge on any atom is 0.234 e. The van der Waals surface area contributed by atoms with Crippen LogP contribution >= 0.6 is 0 Å². The Labute approximate surface area is 90.5 Å². The molecule has 0 bridgehead atoms. The van der Waals surface area contributed by atoms with E-state index in [0.717, 1.165) is 25.7 Å². The zero-order chi connectivity index (χ0) is 11.2. The first-order valence-corrected chi connectivity index (χ1v) is 5.49. The van der Waals surface area contributed by atoms with Crippen molar-refractivity contribution in [1.82, 2.24) is 0 Å². The summed E-state index contributed by atoms with van der Waals surface area (Å²) in [5.41, 5.74) is 0. The number of hydrogen-bond acceptors (Lipinski definition) is 4. The van der Waals surface area contributed by atoms with E-state index in [2.05, 4.69) is 9.98 Å². The molecule has 0 radical (unpaired) electrons. The predicted octanol–water partition coefficient (Wildman–Crippen LogP) is 2.39. The minimum absolute atomic E-state index is 0.556. The van der Waals surface area contributed by atoms with Crippen LogP contribution in [0.5, 0.6) is 0 Å². The Morgan fingerprint density at radius 3 is 1.40 bits per heavy atom. The molecule has 0 saturated heterocycles. The SMILES string of the molecule is C1CC1.O=C=NCCCCCCN=C=O. The normalized spacial score (nSPS) is 11.5. The van der Waals surface area contributed by atoms with E-state index in [0.29, 0.717) is 13.1 Å². The van der Waals surface area contributed by atoms with E-state index in [1.54, 1.807) is 0 Å². The lowest BCUT2D eigenvalue weighted by Gasteiger charge is -1.93. The molecule has 4 heteroatoms. The maximum atomic E-state index is 9.63. The summed E-state index contributed by atoms with van der Waals surface area (Å²) < 4.78 is 0. The van der Waals surface area contributed by atoms with Gasteiger partial charge in [0.15, 0.2) is 0 Å². The van der Waals surface area contributed by atoms with Gasteiger partial charge >= 0.3 is 0 Å². The molecule has 0 atom stereocenters. The van der Waals surface area contributed by atoms with Gasteiger partial charge in [-0.3, -0.25) is 0 Å². The summed E-state index contributed by atoms with van der Waals surface area (Å²) in [5.74, 6) is 0. The van der Waals surface area contributed by atoms with E-state index >= 15 is 0 Å². The van der Waals surface area contributed by atoms with Crippen LogP contribution in [0.3, 0.4) is 0 Å². The van der Waals surface area contributed by atoms with Crippen LogP contribution in [-0.2, 0) is 9.59 Å². The second kappa shape index (κ2) is 12.8. The van der Waals surface area contributed by atoms with Gasteiger partial charge in [0.1, 0.15) is 0 Å². The molecular formula is C11H18N2O2. The number of isocyanates is 2. The number of unbranched alkanes of at least 4 members (excludes halogenated alkanes) is 3. The third-order valence-corrected chi connectivity index (χ3v) is 1.77. The van der Waals surface area contributed by atoms with Gasteiger partial charge in [-0.1, -0.05) is 32.1 Å². The number of carbonyl (C=O) groups excluding carboxylic acids is 2. The molecule has 84 valence electrons. The van der Waals surface area contributed by atoms with Gasteiger partial charge in [0.25, 0.3) is 0 Å². The third-order valence-electron chi connectivity index (χ3n) is 1.77. The van der Waals surface area contributed by atoms with Crippen molar-refractivity contribution in [3.8, 4) is 0 Å².